The molecule has 0 aromatic carbocycles. The molecule has 4 fully saturated rings. The number of rotatable bonds is 5. The lowest BCUT2D eigenvalue weighted by Crippen LogP contribution is -2.58. The van der Waals surface area contributed by atoms with E-state index < -0.39 is 0 Å². The van der Waals surface area contributed by atoms with Crippen molar-refractivity contribution < 1.29 is 9.90 Å². The van der Waals surface area contributed by atoms with Crippen LogP contribution in [0.15, 0.2) is 0 Å². The van der Waals surface area contributed by atoms with Crippen LogP contribution in [0.3, 0.4) is 0 Å². The first-order valence-corrected chi connectivity index (χ1v) is 12.9. The second kappa shape index (κ2) is 7.95. The maximum atomic E-state index is 12.1. The highest BCUT2D eigenvalue weighted by molar-refractivity contribution is 5.79. The summed E-state index contributed by atoms with van der Waals surface area (Å²) in [4.78, 5) is 12.1. The second-order valence-electron chi connectivity index (χ2n) is 12.6. The summed E-state index contributed by atoms with van der Waals surface area (Å²) in [6.07, 6.45) is 12.7. The highest BCUT2D eigenvalue weighted by Crippen LogP contribution is 2.68. The Bertz CT molecular complexity index is 612. The Hall–Kier alpha value is -0.370. The molecule has 0 amide bonds. The number of carbonyl (C=O) groups is 1. The largest absolute Gasteiger partial charge is 0.393 e. The van der Waals surface area contributed by atoms with Crippen molar-refractivity contribution in [3.63, 3.8) is 0 Å². The van der Waals surface area contributed by atoms with Crippen LogP contribution in [0.2, 0.25) is 0 Å². The first kappa shape index (κ1) is 21.8. The standard InChI is InChI=1S/C27H46O2/c1-17(2)7-6-8-18(3)21-9-10-22-25-23(12-14-27(21,22)5)26(4)13-11-20(28)15-19(26)16-24(25)29/h17-19,21-25,29H,6-16H2,1-5H3/t18-,19-,21?,22?,23?,24+,25?,26+,27-/m1/s1. The van der Waals surface area contributed by atoms with Gasteiger partial charge in [0, 0.05) is 12.8 Å². The average Bonchev–Trinajstić information content (AvgIpc) is 3.00. The van der Waals surface area contributed by atoms with Crippen LogP contribution < -0.4 is 0 Å². The fraction of sp³-hybridized carbons (Fsp3) is 0.963. The normalized spacial score (nSPS) is 48.2. The summed E-state index contributed by atoms with van der Waals surface area (Å²) in [6.45, 7) is 12.3. The summed E-state index contributed by atoms with van der Waals surface area (Å²) >= 11 is 0. The van der Waals surface area contributed by atoms with E-state index >= 15 is 0 Å². The first-order valence-electron chi connectivity index (χ1n) is 12.9. The molecule has 0 aromatic heterocycles. The molecule has 166 valence electrons. The Balaban J connectivity index is 1.51. The van der Waals surface area contributed by atoms with Crippen molar-refractivity contribution in [2.45, 2.75) is 111 Å². The Morgan fingerprint density at radius 2 is 1.72 bits per heavy atom. The van der Waals surface area contributed by atoms with Gasteiger partial charge in [-0.15, -0.1) is 0 Å². The minimum Gasteiger partial charge on any atom is -0.393 e. The molecule has 4 saturated carbocycles. The third-order valence-electron chi connectivity index (χ3n) is 10.7. The van der Waals surface area contributed by atoms with E-state index in [9.17, 15) is 9.90 Å². The molecule has 0 radical (unpaired) electrons. The fourth-order valence-corrected chi connectivity index (χ4v) is 9.04. The van der Waals surface area contributed by atoms with E-state index in [0.717, 1.165) is 43.4 Å². The number of hydrogen-bond acceptors (Lipinski definition) is 2. The quantitative estimate of drug-likeness (QED) is 0.559. The van der Waals surface area contributed by atoms with E-state index in [2.05, 4.69) is 34.6 Å². The molecule has 4 aliphatic rings. The lowest BCUT2D eigenvalue weighted by Gasteiger charge is -2.62. The molecule has 4 aliphatic carbocycles. The Morgan fingerprint density at radius 3 is 2.45 bits per heavy atom. The van der Waals surface area contributed by atoms with E-state index in [1.54, 1.807) is 0 Å². The molecule has 2 nitrogen and oxygen atoms in total. The van der Waals surface area contributed by atoms with E-state index in [0.29, 0.717) is 40.3 Å². The van der Waals surface area contributed by atoms with Crippen molar-refractivity contribution in [2.75, 3.05) is 0 Å². The van der Waals surface area contributed by atoms with Gasteiger partial charge in [0.05, 0.1) is 6.10 Å². The highest BCUT2D eigenvalue weighted by atomic mass is 16.3. The van der Waals surface area contributed by atoms with Crippen molar-refractivity contribution in [3.05, 3.63) is 0 Å². The van der Waals surface area contributed by atoms with E-state index in [1.165, 1.54) is 44.9 Å². The number of aliphatic hydroxyl groups excluding tert-OH is 1. The van der Waals surface area contributed by atoms with Gasteiger partial charge >= 0.3 is 0 Å². The molecule has 4 rings (SSSR count). The molecule has 0 aromatic rings. The molecular formula is C27H46O2. The third-order valence-corrected chi connectivity index (χ3v) is 10.7. The van der Waals surface area contributed by atoms with E-state index in [4.69, 9.17) is 0 Å². The van der Waals surface area contributed by atoms with Gasteiger partial charge in [0.1, 0.15) is 5.78 Å². The van der Waals surface area contributed by atoms with Gasteiger partial charge in [-0.05, 0) is 90.8 Å². The molecule has 0 spiro atoms. The zero-order valence-electron chi connectivity index (χ0n) is 19.8. The van der Waals surface area contributed by atoms with Crippen molar-refractivity contribution in [1.29, 1.82) is 0 Å². The fourth-order valence-electron chi connectivity index (χ4n) is 9.04. The predicted octanol–water partition coefficient (Wildman–Crippen LogP) is 6.65. The average molecular weight is 403 g/mol. The van der Waals surface area contributed by atoms with E-state index in [1.807, 2.05) is 0 Å². The van der Waals surface area contributed by atoms with Crippen LogP contribution in [0.5, 0.6) is 0 Å². The van der Waals surface area contributed by atoms with Crippen LogP contribution in [0.25, 0.3) is 0 Å². The zero-order chi connectivity index (χ0) is 21.0. The van der Waals surface area contributed by atoms with Gasteiger partial charge in [0.15, 0.2) is 0 Å². The molecular weight excluding hydrogens is 356 g/mol. The SMILES string of the molecule is CC(C)CCC[C@@H](C)C1CCC2C3C(CC[C@@]21C)[C@@]1(C)CCC(=O)C[C@@H]1C[C@@H]3O. The molecule has 1 N–H and O–H groups in total. The van der Waals surface area contributed by atoms with Gasteiger partial charge in [-0.3, -0.25) is 4.79 Å². The maximum Gasteiger partial charge on any atom is 0.133 e. The molecule has 0 bridgehead atoms. The van der Waals surface area contributed by atoms with Gasteiger partial charge in [-0.1, -0.05) is 53.9 Å². The summed E-state index contributed by atoms with van der Waals surface area (Å²) in [5, 5.41) is 11.3. The number of Topliss-reactive ketones (excluding diaryl/α,β-unsaturated/α-hetero) is 1. The summed E-state index contributed by atoms with van der Waals surface area (Å²) in [5.41, 5.74) is 0.715. The van der Waals surface area contributed by atoms with Crippen LogP contribution in [-0.4, -0.2) is 17.0 Å². The van der Waals surface area contributed by atoms with Gasteiger partial charge in [0.2, 0.25) is 0 Å². The summed E-state index contributed by atoms with van der Waals surface area (Å²) in [7, 11) is 0. The van der Waals surface area contributed by atoms with Gasteiger partial charge in [-0.25, -0.2) is 0 Å². The predicted molar refractivity (Wildman–Crippen MR) is 119 cm³/mol. The van der Waals surface area contributed by atoms with Crippen molar-refractivity contribution >= 4 is 5.78 Å². The van der Waals surface area contributed by atoms with Gasteiger partial charge in [0.25, 0.3) is 0 Å². The molecule has 0 saturated heterocycles. The van der Waals surface area contributed by atoms with Crippen molar-refractivity contribution in [2.24, 2.45) is 52.3 Å². The molecule has 2 heteroatoms. The minimum atomic E-state index is -0.177. The lowest BCUT2D eigenvalue weighted by molar-refractivity contribution is -0.168. The smallest absolute Gasteiger partial charge is 0.133 e. The van der Waals surface area contributed by atoms with Crippen LogP contribution in [0.1, 0.15) is 105 Å². The van der Waals surface area contributed by atoms with Gasteiger partial charge in [-0.2, -0.15) is 0 Å². The van der Waals surface area contributed by atoms with E-state index in [-0.39, 0.29) is 6.10 Å². The third kappa shape index (κ3) is 3.64. The van der Waals surface area contributed by atoms with Crippen LogP contribution >= 0.6 is 0 Å². The summed E-state index contributed by atoms with van der Waals surface area (Å²) in [6, 6.07) is 0. The molecule has 0 heterocycles. The molecule has 0 aliphatic heterocycles. The number of ketones is 1. The first-order chi connectivity index (χ1) is 13.7. The highest BCUT2D eigenvalue weighted by Gasteiger charge is 2.62. The second-order valence-corrected chi connectivity index (χ2v) is 12.6. The number of aliphatic hydroxyl groups is 1. The van der Waals surface area contributed by atoms with Crippen LogP contribution in [-0.2, 0) is 4.79 Å². The van der Waals surface area contributed by atoms with Crippen LogP contribution in [0, 0.1) is 52.3 Å². The number of hydrogen-bond donors (Lipinski definition) is 1. The Labute approximate surface area is 179 Å². The number of carbonyl (C=O) groups excluding carboxylic acids is 1. The topological polar surface area (TPSA) is 37.3 Å². The Kier molecular flexibility index (Phi) is 5.99. The maximum absolute atomic E-state index is 12.1. The molecule has 9 atom stereocenters. The Morgan fingerprint density at radius 1 is 1.00 bits per heavy atom. The zero-order valence-corrected chi connectivity index (χ0v) is 19.8. The lowest BCUT2D eigenvalue weighted by atomic mass is 9.44. The summed E-state index contributed by atoms with van der Waals surface area (Å²) in [5.74, 6) is 5.16. The minimum absolute atomic E-state index is 0.177. The molecule has 4 unspecified atom stereocenters. The van der Waals surface area contributed by atoms with Crippen molar-refractivity contribution in [3.8, 4) is 0 Å². The van der Waals surface area contributed by atoms with Crippen LogP contribution in [0.4, 0.5) is 0 Å². The summed E-state index contributed by atoms with van der Waals surface area (Å²) < 4.78 is 0. The monoisotopic (exact) mass is 402 g/mol. The molecule has 29 heavy (non-hydrogen) atoms. The van der Waals surface area contributed by atoms with Crippen molar-refractivity contribution in [1.82, 2.24) is 0 Å². The number of fused-ring (bicyclic) bond motifs is 5. The van der Waals surface area contributed by atoms with Gasteiger partial charge < -0.3 is 5.11 Å².